The average molecular weight is 337 g/mol. The maximum Gasteiger partial charge on any atom is 0.193 e. The van der Waals surface area contributed by atoms with Crippen molar-refractivity contribution in [1.82, 2.24) is 0 Å². The summed E-state index contributed by atoms with van der Waals surface area (Å²) in [6.07, 6.45) is 0.669. The van der Waals surface area contributed by atoms with Crippen LogP contribution in [0, 0.1) is 6.92 Å². The van der Waals surface area contributed by atoms with Crippen molar-refractivity contribution in [3.8, 4) is 0 Å². The Morgan fingerprint density at radius 2 is 1.86 bits per heavy atom. The molecule has 0 radical (unpaired) electrons. The molecule has 22 heavy (non-hydrogen) atoms. The Balaban J connectivity index is 1.72. The minimum atomic E-state index is -0.222. The Kier molecular flexibility index (Phi) is 3.96. The van der Waals surface area contributed by atoms with Gasteiger partial charge in [0, 0.05) is 9.90 Å². The zero-order valence-electron chi connectivity index (χ0n) is 12.3. The lowest BCUT2D eigenvalue weighted by atomic mass is 9.93. The van der Waals surface area contributed by atoms with Gasteiger partial charge in [-0.1, -0.05) is 17.7 Å². The smallest absolute Gasteiger partial charge is 0.193 e. The molecule has 116 valence electrons. The van der Waals surface area contributed by atoms with E-state index in [2.05, 4.69) is 19.1 Å². The number of hydrogen-bond donors (Lipinski definition) is 0. The number of hydrogen-bond acceptors (Lipinski definition) is 4. The van der Waals surface area contributed by atoms with Crippen molar-refractivity contribution in [2.45, 2.75) is 25.7 Å². The predicted octanol–water partition coefficient (Wildman–Crippen LogP) is 4.42. The normalized spacial score (nSPS) is 22.0. The maximum atomic E-state index is 6.19. The number of benzene rings is 1. The second kappa shape index (κ2) is 5.95. The number of aryl methyl sites for hydroxylation is 1. The fourth-order valence-corrected chi connectivity index (χ4v) is 4.33. The minimum absolute atomic E-state index is 0.0474. The van der Waals surface area contributed by atoms with Gasteiger partial charge in [0.25, 0.3) is 0 Å². The molecule has 3 nitrogen and oxygen atoms in total. The summed E-state index contributed by atoms with van der Waals surface area (Å²) in [4.78, 5) is 2.36. The molecule has 0 saturated carbocycles. The van der Waals surface area contributed by atoms with Gasteiger partial charge in [-0.2, -0.15) is 0 Å². The Bertz CT molecular complexity index is 691. The van der Waals surface area contributed by atoms with Gasteiger partial charge in [0.2, 0.25) is 0 Å². The molecule has 0 unspecified atom stereocenters. The molecule has 0 spiro atoms. The SMILES string of the molecule is Cc1sc(C2OCCO2)cc1[C@@H]1OCCc2ccc(Cl)cc21. The van der Waals surface area contributed by atoms with Gasteiger partial charge in [0.15, 0.2) is 6.29 Å². The Hall–Kier alpha value is -0.910. The number of halogens is 1. The quantitative estimate of drug-likeness (QED) is 0.812. The molecule has 2 aliphatic heterocycles. The van der Waals surface area contributed by atoms with E-state index in [0.717, 1.165) is 22.9 Å². The van der Waals surface area contributed by atoms with E-state index in [4.69, 9.17) is 25.8 Å². The van der Waals surface area contributed by atoms with E-state index < -0.39 is 0 Å². The zero-order chi connectivity index (χ0) is 15.1. The van der Waals surface area contributed by atoms with Crippen molar-refractivity contribution < 1.29 is 14.2 Å². The van der Waals surface area contributed by atoms with Gasteiger partial charge in [-0.3, -0.25) is 0 Å². The van der Waals surface area contributed by atoms with Crippen LogP contribution in [0.5, 0.6) is 0 Å². The largest absolute Gasteiger partial charge is 0.368 e. The summed E-state index contributed by atoms with van der Waals surface area (Å²) in [6, 6.07) is 8.25. The molecule has 2 aliphatic rings. The lowest BCUT2D eigenvalue weighted by molar-refractivity contribution is -0.0414. The summed E-state index contributed by atoms with van der Waals surface area (Å²) >= 11 is 7.91. The van der Waals surface area contributed by atoms with E-state index >= 15 is 0 Å². The monoisotopic (exact) mass is 336 g/mol. The van der Waals surface area contributed by atoms with Crippen LogP contribution < -0.4 is 0 Å². The number of ether oxygens (including phenoxy) is 3. The van der Waals surface area contributed by atoms with Crippen molar-refractivity contribution in [3.05, 3.63) is 55.7 Å². The van der Waals surface area contributed by atoms with Crippen LogP contribution in [0.25, 0.3) is 0 Å². The summed E-state index contributed by atoms with van der Waals surface area (Å²) in [5.74, 6) is 0. The predicted molar refractivity (Wildman–Crippen MR) is 86.7 cm³/mol. The van der Waals surface area contributed by atoms with Crippen LogP contribution in [0.15, 0.2) is 24.3 Å². The molecule has 1 aromatic heterocycles. The third-order valence-electron chi connectivity index (χ3n) is 4.16. The Labute approximate surface area is 138 Å². The number of rotatable bonds is 2. The van der Waals surface area contributed by atoms with Gasteiger partial charge in [0.1, 0.15) is 6.10 Å². The fourth-order valence-electron chi connectivity index (χ4n) is 3.09. The lowest BCUT2D eigenvalue weighted by Crippen LogP contribution is -2.17. The summed E-state index contributed by atoms with van der Waals surface area (Å²) in [5.41, 5.74) is 3.70. The molecule has 0 aliphatic carbocycles. The molecule has 1 aromatic carbocycles. The van der Waals surface area contributed by atoms with Crippen molar-refractivity contribution in [1.29, 1.82) is 0 Å². The lowest BCUT2D eigenvalue weighted by Gasteiger charge is -2.26. The number of fused-ring (bicyclic) bond motifs is 1. The van der Waals surface area contributed by atoms with Crippen LogP contribution in [0.3, 0.4) is 0 Å². The van der Waals surface area contributed by atoms with Gasteiger partial charge >= 0.3 is 0 Å². The van der Waals surface area contributed by atoms with Crippen LogP contribution in [-0.2, 0) is 20.6 Å². The molecule has 2 aromatic rings. The van der Waals surface area contributed by atoms with E-state index in [9.17, 15) is 0 Å². The van der Waals surface area contributed by atoms with Crippen molar-refractivity contribution in [2.24, 2.45) is 0 Å². The van der Waals surface area contributed by atoms with E-state index in [1.807, 2.05) is 12.1 Å². The van der Waals surface area contributed by atoms with E-state index in [0.29, 0.717) is 13.2 Å². The van der Waals surface area contributed by atoms with Crippen LogP contribution in [0.1, 0.15) is 38.8 Å². The summed E-state index contributed by atoms with van der Waals surface area (Å²) in [6.45, 7) is 4.19. The van der Waals surface area contributed by atoms with Gasteiger partial charge < -0.3 is 14.2 Å². The highest BCUT2D eigenvalue weighted by atomic mass is 35.5. The highest BCUT2D eigenvalue weighted by molar-refractivity contribution is 7.12. The summed E-state index contributed by atoms with van der Waals surface area (Å²) in [5, 5.41) is 0.754. The average Bonchev–Trinajstić information content (AvgIpc) is 3.16. The second-order valence-electron chi connectivity index (χ2n) is 5.58. The summed E-state index contributed by atoms with van der Waals surface area (Å²) < 4.78 is 17.3. The number of thiophene rings is 1. The van der Waals surface area contributed by atoms with Crippen molar-refractivity contribution >= 4 is 22.9 Å². The van der Waals surface area contributed by atoms with Gasteiger partial charge in [-0.15, -0.1) is 11.3 Å². The minimum Gasteiger partial charge on any atom is -0.368 e. The maximum absolute atomic E-state index is 6.19. The molecule has 1 saturated heterocycles. The first-order chi connectivity index (χ1) is 10.7. The third kappa shape index (κ3) is 2.59. The van der Waals surface area contributed by atoms with E-state index in [1.165, 1.54) is 21.6 Å². The first-order valence-corrected chi connectivity index (χ1v) is 8.65. The molecule has 5 heteroatoms. The molecule has 0 amide bonds. The zero-order valence-corrected chi connectivity index (χ0v) is 13.9. The molecule has 0 bridgehead atoms. The van der Waals surface area contributed by atoms with Crippen molar-refractivity contribution in [2.75, 3.05) is 19.8 Å². The molecule has 1 fully saturated rings. The van der Waals surface area contributed by atoms with Crippen LogP contribution in [-0.4, -0.2) is 19.8 Å². The summed E-state index contributed by atoms with van der Waals surface area (Å²) in [7, 11) is 0. The van der Waals surface area contributed by atoms with Gasteiger partial charge in [-0.05, 0) is 48.2 Å². The fraction of sp³-hybridized carbons (Fsp3) is 0.412. The standard InChI is InChI=1S/C17H17ClO3S/c1-10-13(9-15(22-10)17-20-6-7-21-17)16-14-8-12(18)3-2-11(14)4-5-19-16/h2-3,8-9,16-17H,4-7H2,1H3/t16-/m0/s1. The molecule has 0 N–H and O–H groups in total. The van der Waals surface area contributed by atoms with Gasteiger partial charge in [-0.25, -0.2) is 0 Å². The molecular weight excluding hydrogens is 320 g/mol. The van der Waals surface area contributed by atoms with Crippen LogP contribution in [0.4, 0.5) is 0 Å². The van der Waals surface area contributed by atoms with Crippen LogP contribution in [0.2, 0.25) is 5.02 Å². The Morgan fingerprint density at radius 3 is 2.68 bits per heavy atom. The molecule has 4 rings (SSSR count). The topological polar surface area (TPSA) is 27.7 Å². The molecule has 3 heterocycles. The highest BCUT2D eigenvalue weighted by Gasteiger charge is 2.28. The first-order valence-electron chi connectivity index (χ1n) is 7.46. The third-order valence-corrected chi connectivity index (χ3v) is 5.48. The van der Waals surface area contributed by atoms with E-state index in [1.54, 1.807) is 11.3 Å². The van der Waals surface area contributed by atoms with Crippen LogP contribution >= 0.6 is 22.9 Å². The van der Waals surface area contributed by atoms with E-state index in [-0.39, 0.29) is 12.4 Å². The van der Waals surface area contributed by atoms with Crippen molar-refractivity contribution in [3.63, 3.8) is 0 Å². The van der Waals surface area contributed by atoms with Gasteiger partial charge in [0.05, 0.1) is 24.7 Å². The Morgan fingerprint density at radius 1 is 1.05 bits per heavy atom. The highest BCUT2D eigenvalue weighted by Crippen LogP contribution is 2.41. The first kappa shape index (κ1) is 14.7. The molecule has 1 atom stereocenters. The second-order valence-corrected chi connectivity index (χ2v) is 7.30. The molecular formula is C17H17ClO3S.